The van der Waals surface area contributed by atoms with Crippen molar-refractivity contribution in [1.29, 1.82) is 0 Å². The molecule has 0 spiro atoms. The highest BCUT2D eigenvalue weighted by Crippen LogP contribution is 2.30. The molecule has 1 aliphatic heterocycles. The van der Waals surface area contributed by atoms with E-state index in [1.807, 2.05) is 22.5 Å². The molecule has 0 aliphatic carbocycles. The molecule has 4 heteroatoms. The predicted octanol–water partition coefficient (Wildman–Crippen LogP) is 1.63. The van der Waals surface area contributed by atoms with E-state index in [2.05, 4.69) is 11.9 Å². The van der Waals surface area contributed by atoms with Crippen LogP contribution in [0.25, 0.3) is 0 Å². The SMILES string of the molecule is CC1CCC(n2cc[nH]c2=O)CS1. The van der Waals surface area contributed by atoms with Gasteiger partial charge in [0.1, 0.15) is 0 Å². The van der Waals surface area contributed by atoms with Crippen molar-refractivity contribution >= 4 is 11.8 Å². The molecule has 0 radical (unpaired) electrons. The number of hydrogen-bond acceptors (Lipinski definition) is 2. The quantitative estimate of drug-likeness (QED) is 0.744. The van der Waals surface area contributed by atoms with Gasteiger partial charge in [0, 0.05) is 29.4 Å². The van der Waals surface area contributed by atoms with E-state index in [9.17, 15) is 4.79 Å². The van der Waals surface area contributed by atoms with Crippen molar-refractivity contribution in [3.8, 4) is 0 Å². The fraction of sp³-hybridized carbons (Fsp3) is 0.667. The van der Waals surface area contributed by atoms with Crippen LogP contribution < -0.4 is 5.69 Å². The van der Waals surface area contributed by atoms with Gasteiger partial charge >= 0.3 is 5.69 Å². The Kier molecular flexibility index (Phi) is 2.49. The summed E-state index contributed by atoms with van der Waals surface area (Å²) in [6.07, 6.45) is 5.91. The lowest BCUT2D eigenvalue weighted by Gasteiger charge is -2.25. The third-order valence-corrected chi connectivity index (χ3v) is 3.93. The standard InChI is InChI=1S/C9H14N2OS/c1-7-2-3-8(6-13-7)11-5-4-10-9(11)12/h4-5,7-8H,2-3,6H2,1H3,(H,10,12). The third kappa shape index (κ3) is 1.82. The van der Waals surface area contributed by atoms with Crippen LogP contribution in [0.1, 0.15) is 25.8 Å². The topological polar surface area (TPSA) is 37.8 Å². The molecule has 72 valence electrons. The first-order chi connectivity index (χ1) is 6.27. The predicted molar refractivity (Wildman–Crippen MR) is 55.2 cm³/mol. The summed E-state index contributed by atoms with van der Waals surface area (Å²) in [7, 11) is 0. The molecule has 1 saturated heterocycles. The largest absolute Gasteiger partial charge is 0.325 e. The van der Waals surface area contributed by atoms with Gasteiger partial charge in [-0.2, -0.15) is 11.8 Å². The maximum Gasteiger partial charge on any atom is 0.325 e. The van der Waals surface area contributed by atoms with E-state index >= 15 is 0 Å². The zero-order chi connectivity index (χ0) is 9.26. The van der Waals surface area contributed by atoms with E-state index in [4.69, 9.17) is 0 Å². The fourth-order valence-corrected chi connectivity index (χ4v) is 2.89. The number of thioether (sulfide) groups is 1. The highest BCUT2D eigenvalue weighted by atomic mass is 32.2. The molecule has 2 rings (SSSR count). The molecule has 1 fully saturated rings. The minimum atomic E-state index is 0.0279. The number of imidazole rings is 1. The summed E-state index contributed by atoms with van der Waals surface area (Å²) in [5.41, 5.74) is 0.0279. The smallest absolute Gasteiger partial charge is 0.313 e. The molecule has 0 bridgehead atoms. The number of rotatable bonds is 1. The van der Waals surface area contributed by atoms with Crippen molar-refractivity contribution in [3.05, 3.63) is 22.9 Å². The third-order valence-electron chi connectivity index (χ3n) is 2.55. The van der Waals surface area contributed by atoms with E-state index in [1.54, 1.807) is 6.20 Å². The van der Waals surface area contributed by atoms with Gasteiger partial charge in [0.25, 0.3) is 0 Å². The lowest BCUT2D eigenvalue weighted by molar-refractivity contribution is 0.470. The van der Waals surface area contributed by atoms with E-state index in [1.165, 1.54) is 6.42 Å². The van der Waals surface area contributed by atoms with Gasteiger partial charge in [-0.3, -0.25) is 4.57 Å². The van der Waals surface area contributed by atoms with Gasteiger partial charge in [0.15, 0.2) is 0 Å². The Labute approximate surface area is 81.5 Å². The maximum absolute atomic E-state index is 11.3. The van der Waals surface area contributed by atoms with Gasteiger partial charge in [0.05, 0.1) is 0 Å². The van der Waals surface area contributed by atoms with Crippen molar-refractivity contribution in [2.45, 2.75) is 31.1 Å². The van der Waals surface area contributed by atoms with Crippen LogP contribution in [-0.2, 0) is 0 Å². The minimum absolute atomic E-state index is 0.0279. The summed E-state index contributed by atoms with van der Waals surface area (Å²) in [6.45, 7) is 2.25. The van der Waals surface area contributed by atoms with E-state index in [-0.39, 0.29) is 5.69 Å². The van der Waals surface area contributed by atoms with Crippen molar-refractivity contribution in [1.82, 2.24) is 9.55 Å². The van der Waals surface area contributed by atoms with E-state index < -0.39 is 0 Å². The van der Waals surface area contributed by atoms with Crippen LogP contribution in [-0.4, -0.2) is 20.6 Å². The number of H-pyrrole nitrogens is 1. The number of aromatic amines is 1. The zero-order valence-electron chi connectivity index (χ0n) is 7.69. The molecule has 1 N–H and O–H groups in total. The lowest BCUT2D eigenvalue weighted by Crippen LogP contribution is -2.27. The second kappa shape index (κ2) is 3.62. The van der Waals surface area contributed by atoms with Gasteiger partial charge in [-0.15, -0.1) is 0 Å². The average Bonchev–Trinajstić information content (AvgIpc) is 2.53. The van der Waals surface area contributed by atoms with E-state index in [0.717, 1.165) is 17.4 Å². The Morgan fingerprint density at radius 1 is 1.62 bits per heavy atom. The Morgan fingerprint density at radius 3 is 3.00 bits per heavy atom. The first kappa shape index (κ1) is 8.94. The Bertz CT molecular complexity index is 322. The van der Waals surface area contributed by atoms with Crippen molar-refractivity contribution in [2.24, 2.45) is 0 Å². The lowest BCUT2D eigenvalue weighted by atomic mass is 10.1. The van der Waals surface area contributed by atoms with Crippen LogP contribution in [0.5, 0.6) is 0 Å². The monoisotopic (exact) mass is 198 g/mol. The normalized spacial score (nSPS) is 29.0. The second-order valence-corrected chi connectivity index (χ2v) is 5.02. The molecule has 2 unspecified atom stereocenters. The van der Waals surface area contributed by atoms with Crippen molar-refractivity contribution < 1.29 is 0 Å². The maximum atomic E-state index is 11.3. The van der Waals surface area contributed by atoms with E-state index in [0.29, 0.717) is 6.04 Å². The van der Waals surface area contributed by atoms with Gasteiger partial charge in [0.2, 0.25) is 0 Å². The summed E-state index contributed by atoms with van der Waals surface area (Å²) in [5, 5.41) is 0.755. The van der Waals surface area contributed by atoms with Crippen LogP contribution in [0.15, 0.2) is 17.2 Å². The second-order valence-electron chi connectivity index (χ2n) is 3.55. The molecule has 1 aromatic heterocycles. The Morgan fingerprint density at radius 2 is 2.46 bits per heavy atom. The zero-order valence-corrected chi connectivity index (χ0v) is 8.51. The molecular weight excluding hydrogens is 184 g/mol. The average molecular weight is 198 g/mol. The highest BCUT2D eigenvalue weighted by molar-refractivity contribution is 7.99. The van der Waals surface area contributed by atoms with Crippen molar-refractivity contribution in [2.75, 3.05) is 5.75 Å². The summed E-state index contributed by atoms with van der Waals surface area (Å²) in [6, 6.07) is 0.403. The van der Waals surface area contributed by atoms with Crippen LogP contribution in [0.4, 0.5) is 0 Å². The molecule has 0 saturated carbocycles. The first-order valence-corrected chi connectivity index (χ1v) is 5.69. The van der Waals surface area contributed by atoms with Gasteiger partial charge in [-0.25, -0.2) is 4.79 Å². The fourth-order valence-electron chi connectivity index (χ4n) is 1.71. The van der Waals surface area contributed by atoms with Crippen LogP contribution in [0.2, 0.25) is 0 Å². The Hall–Kier alpha value is -0.640. The molecule has 13 heavy (non-hydrogen) atoms. The summed E-state index contributed by atoms with van der Waals surface area (Å²) < 4.78 is 1.82. The molecule has 3 nitrogen and oxygen atoms in total. The highest BCUT2D eigenvalue weighted by Gasteiger charge is 2.20. The van der Waals surface area contributed by atoms with Gasteiger partial charge in [-0.05, 0) is 12.8 Å². The molecule has 1 aromatic rings. The number of nitrogens with zero attached hydrogens (tertiary/aromatic N) is 1. The van der Waals surface area contributed by atoms with Crippen LogP contribution in [0, 0.1) is 0 Å². The number of nitrogens with one attached hydrogen (secondary N) is 1. The molecule has 0 aromatic carbocycles. The molecular formula is C9H14N2OS. The van der Waals surface area contributed by atoms with Gasteiger partial charge < -0.3 is 4.98 Å². The summed E-state index contributed by atoms with van der Waals surface area (Å²) in [5.74, 6) is 1.07. The summed E-state index contributed by atoms with van der Waals surface area (Å²) >= 11 is 1.96. The minimum Gasteiger partial charge on any atom is -0.313 e. The molecule has 2 heterocycles. The molecule has 2 atom stereocenters. The molecule has 0 amide bonds. The van der Waals surface area contributed by atoms with Crippen LogP contribution in [0.3, 0.4) is 0 Å². The first-order valence-electron chi connectivity index (χ1n) is 4.64. The Balaban J connectivity index is 2.11. The number of aromatic nitrogens is 2. The number of hydrogen-bond donors (Lipinski definition) is 1. The van der Waals surface area contributed by atoms with Gasteiger partial charge in [-0.1, -0.05) is 6.92 Å². The van der Waals surface area contributed by atoms with Crippen LogP contribution >= 0.6 is 11.8 Å². The van der Waals surface area contributed by atoms with Crippen molar-refractivity contribution in [3.63, 3.8) is 0 Å². The summed E-state index contributed by atoms with van der Waals surface area (Å²) in [4.78, 5) is 14.0. The molecule has 1 aliphatic rings.